The molecule has 0 aliphatic heterocycles. The van der Waals surface area contributed by atoms with Gasteiger partial charge in [-0.1, -0.05) is 19.4 Å². The van der Waals surface area contributed by atoms with Crippen LogP contribution in [0.15, 0.2) is 36.9 Å². The molecule has 22 heavy (non-hydrogen) atoms. The molecule has 2 rings (SSSR count). The van der Waals surface area contributed by atoms with Crippen molar-refractivity contribution in [3.05, 3.63) is 42.5 Å². The second kappa shape index (κ2) is 7.35. The Kier molecular flexibility index (Phi) is 5.24. The van der Waals surface area contributed by atoms with Crippen LogP contribution in [-0.2, 0) is 4.79 Å². The molecule has 1 heterocycles. The Hall–Kier alpha value is -2.70. The van der Waals surface area contributed by atoms with Gasteiger partial charge in [0.1, 0.15) is 12.7 Å². The van der Waals surface area contributed by atoms with Gasteiger partial charge < -0.3 is 10.4 Å². The molecule has 0 aliphatic carbocycles. The second-order valence-electron chi connectivity index (χ2n) is 4.92. The largest absolute Gasteiger partial charge is 0.481 e. The molecule has 116 valence electrons. The molecular weight excluding hydrogens is 284 g/mol. The number of carboxylic acid groups (broad SMARTS) is 1. The highest BCUT2D eigenvalue weighted by atomic mass is 16.4. The summed E-state index contributed by atoms with van der Waals surface area (Å²) in [4.78, 5) is 27.1. The molecule has 7 heteroatoms. The van der Waals surface area contributed by atoms with E-state index in [1.807, 2.05) is 13.0 Å². The van der Waals surface area contributed by atoms with E-state index in [4.69, 9.17) is 5.11 Å². The standard InChI is InChI=1S/C15H18N4O3/c1-2-4-12(15(21)22)8-17-14(20)11-5-3-6-13(7-11)19-10-16-9-18-19/h3,5-7,9-10,12H,2,4,8H2,1H3,(H,17,20)(H,21,22). The smallest absolute Gasteiger partial charge is 0.308 e. The predicted octanol–water partition coefficient (Wildman–Crippen LogP) is 1.50. The van der Waals surface area contributed by atoms with Gasteiger partial charge in [-0.15, -0.1) is 0 Å². The topological polar surface area (TPSA) is 97.1 Å². The van der Waals surface area contributed by atoms with Crippen LogP contribution < -0.4 is 5.32 Å². The zero-order valence-corrected chi connectivity index (χ0v) is 12.3. The molecule has 1 unspecified atom stereocenters. The van der Waals surface area contributed by atoms with E-state index in [0.29, 0.717) is 17.7 Å². The first-order chi connectivity index (χ1) is 10.6. The van der Waals surface area contributed by atoms with Crippen LogP contribution in [0.4, 0.5) is 0 Å². The molecule has 0 saturated carbocycles. The Bertz CT molecular complexity index is 640. The Morgan fingerprint density at radius 3 is 2.86 bits per heavy atom. The van der Waals surface area contributed by atoms with Gasteiger partial charge in [-0.2, -0.15) is 5.10 Å². The predicted molar refractivity (Wildman–Crippen MR) is 79.7 cm³/mol. The molecule has 0 fully saturated rings. The molecule has 0 saturated heterocycles. The Labute approximate surface area is 128 Å². The van der Waals surface area contributed by atoms with E-state index in [1.54, 1.807) is 29.2 Å². The molecule has 1 atom stereocenters. The lowest BCUT2D eigenvalue weighted by Crippen LogP contribution is -2.32. The summed E-state index contributed by atoms with van der Waals surface area (Å²) in [6.07, 6.45) is 4.25. The van der Waals surface area contributed by atoms with Gasteiger partial charge in [0.05, 0.1) is 11.6 Å². The van der Waals surface area contributed by atoms with Gasteiger partial charge >= 0.3 is 5.97 Å². The quantitative estimate of drug-likeness (QED) is 0.807. The van der Waals surface area contributed by atoms with Gasteiger partial charge in [-0.25, -0.2) is 9.67 Å². The highest BCUT2D eigenvalue weighted by Gasteiger charge is 2.17. The number of carbonyl (C=O) groups excluding carboxylic acids is 1. The van der Waals surface area contributed by atoms with Crippen molar-refractivity contribution in [1.82, 2.24) is 20.1 Å². The van der Waals surface area contributed by atoms with Crippen molar-refractivity contribution in [1.29, 1.82) is 0 Å². The minimum atomic E-state index is -0.890. The van der Waals surface area contributed by atoms with Gasteiger partial charge in [-0.3, -0.25) is 9.59 Å². The Morgan fingerprint density at radius 1 is 1.41 bits per heavy atom. The van der Waals surface area contributed by atoms with Gasteiger partial charge in [0.2, 0.25) is 0 Å². The molecule has 1 amide bonds. The minimum Gasteiger partial charge on any atom is -0.481 e. The number of benzene rings is 1. The fraction of sp³-hybridized carbons (Fsp3) is 0.333. The molecule has 1 aromatic carbocycles. The van der Waals surface area contributed by atoms with E-state index >= 15 is 0 Å². The number of aliphatic carboxylic acids is 1. The number of carbonyl (C=O) groups is 2. The highest BCUT2D eigenvalue weighted by molar-refractivity contribution is 5.94. The molecular formula is C15H18N4O3. The van der Waals surface area contributed by atoms with Crippen LogP contribution in [0.3, 0.4) is 0 Å². The van der Waals surface area contributed by atoms with Crippen LogP contribution in [0, 0.1) is 5.92 Å². The lowest BCUT2D eigenvalue weighted by molar-refractivity contribution is -0.141. The SMILES string of the molecule is CCCC(CNC(=O)c1cccc(-n2cncn2)c1)C(=O)O. The summed E-state index contributed by atoms with van der Waals surface area (Å²) in [6.45, 7) is 2.04. The zero-order valence-electron chi connectivity index (χ0n) is 12.3. The van der Waals surface area contributed by atoms with Crippen LogP contribution in [0.5, 0.6) is 0 Å². The van der Waals surface area contributed by atoms with Crippen LogP contribution in [0.1, 0.15) is 30.1 Å². The molecule has 0 bridgehead atoms. The molecule has 0 aliphatic rings. The first kappa shape index (κ1) is 15.7. The first-order valence-corrected chi connectivity index (χ1v) is 7.08. The normalized spacial score (nSPS) is 11.9. The lowest BCUT2D eigenvalue weighted by Gasteiger charge is -2.12. The maximum Gasteiger partial charge on any atom is 0.308 e. The van der Waals surface area contributed by atoms with Crippen LogP contribution in [-0.4, -0.2) is 38.3 Å². The maximum atomic E-state index is 12.1. The third kappa shape index (κ3) is 3.91. The van der Waals surface area contributed by atoms with Crippen molar-refractivity contribution in [2.45, 2.75) is 19.8 Å². The summed E-state index contributed by atoms with van der Waals surface area (Å²) in [5.74, 6) is -1.75. The number of nitrogens with one attached hydrogen (secondary N) is 1. The molecule has 2 aromatic rings. The van der Waals surface area contributed by atoms with Crippen molar-refractivity contribution in [3.63, 3.8) is 0 Å². The second-order valence-corrected chi connectivity index (χ2v) is 4.92. The van der Waals surface area contributed by atoms with Crippen molar-refractivity contribution in [3.8, 4) is 5.69 Å². The van der Waals surface area contributed by atoms with Crippen molar-refractivity contribution in [2.75, 3.05) is 6.54 Å². The fourth-order valence-electron chi connectivity index (χ4n) is 2.11. The van der Waals surface area contributed by atoms with E-state index in [0.717, 1.165) is 6.42 Å². The van der Waals surface area contributed by atoms with E-state index < -0.39 is 11.9 Å². The average Bonchev–Trinajstić information content (AvgIpc) is 3.05. The monoisotopic (exact) mass is 302 g/mol. The van der Waals surface area contributed by atoms with Crippen molar-refractivity contribution < 1.29 is 14.7 Å². The number of hydrogen-bond acceptors (Lipinski definition) is 4. The summed E-state index contributed by atoms with van der Waals surface area (Å²) in [6, 6.07) is 6.90. The Balaban J connectivity index is 2.04. The van der Waals surface area contributed by atoms with Crippen molar-refractivity contribution >= 4 is 11.9 Å². The van der Waals surface area contributed by atoms with Gasteiger partial charge in [0.15, 0.2) is 0 Å². The molecule has 1 aromatic heterocycles. The third-order valence-electron chi connectivity index (χ3n) is 3.29. The van der Waals surface area contributed by atoms with Crippen LogP contribution in [0.25, 0.3) is 5.69 Å². The van der Waals surface area contributed by atoms with E-state index in [1.165, 1.54) is 6.33 Å². The Morgan fingerprint density at radius 2 is 2.23 bits per heavy atom. The summed E-state index contributed by atoms with van der Waals surface area (Å²) in [5.41, 5.74) is 1.17. The van der Waals surface area contributed by atoms with Crippen molar-refractivity contribution in [2.24, 2.45) is 5.92 Å². The average molecular weight is 302 g/mol. The van der Waals surface area contributed by atoms with Gasteiger partial charge in [0.25, 0.3) is 5.91 Å². The zero-order chi connectivity index (χ0) is 15.9. The maximum absolute atomic E-state index is 12.1. The summed E-state index contributed by atoms with van der Waals surface area (Å²) >= 11 is 0. The van der Waals surface area contributed by atoms with Gasteiger partial charge in [0, 0.05) is 12.1 Å². The fourth-order valence-corrected chi connectivity index (χ4v) is 2.11. The number of nitrogens with zero attached hydrogens (tertiary/aromatic N) is 3. The van der Waals surface area contributed by atoms with E-state index in [-0.39, 0.29) is 12.5 Å². The number of rotatable bonds is 7. The van der Waals surface area contributed by atoms with Gasteiger partial charge in [-0.05, 0) is 24.6 Å². The molecule has 2 N–H and O–H groups in total. The molecule has 0 spiro atoms. The highest BCUT2D eigenvalue weighted by Crippen LogP contribution is 2.10. The third-order valence-corrected chi connectivity index (χ3v) is 3.29. The number of hydrogen-bond donors (Lipinski definition) is 2. The minimum absolute atomic E-state index is 0.121. The summed E-state index contributed by atoms with van der Waals surface area (Å²) in [5, 5.41) is 15.8. The number of aromatic nitrogens is 3. The summed E-state index contributed by atoms with van der Waals surface area (Å²) < 4.78 is 1.55. The number of carboxylic acids is 1. The summed E-state index contributed by atoms with van der Waals surface area (Å²) in [7, 11) is 0. The first-order valence-electron chi connectivity index (χ1n) is 7.08. The van der Waals surface area contributed by atoms with E-state index in [9.17, 15) is 9.59 Å². The molecule has 7 nitrogen and oxygen atoms in total. The van der Waals surface area contributed by atoms with Crippen LogP contribution in [0.2, 0.25) is 0 Å². The van der Waals surface area contributed by atoms with E-state index in [2.05, 4.69) is 15.4 Å². The molecule has 0 radical (unpaired) electrons. The lowest BCUT2D eigenvalue weighted by atomic mass is 10.0. The van der Waals surface area contributed by atoms with Crippen LogP contribution >= 0.6 is 0 Å². The number of amides is 1.